The number of fused-ring (bicyclic) bond motifs is 1. The SMILES string of the molecule is N#CC1=C(N)Oc2n[nH]c(-c3ccc(Cl)cc3)c2[C@H]1c1cccc(OCc2ccc(Cl)cc2)c1. The van der Waals surface area contributed by atoms with Crippen LogP contribution >= 0.6 is 23.2 Å². The number of allylic oxidation sites excluding steroid dienone is 1. The monoisotopic (exact) mass is 488 g/mol. The van der Waals surface area contributed by atoms with E-state index in [0.29, 0.717) is 33.9 Å². The van der Waals surface area contributed by atoms with Crippen molar-refractivity contribution in [2.24, 2.45) is 5.73 Å². The highest BCUT2D eigenvalue weighted by Gasteiger charge is 2.35. The number of hydrogen-bond acceptors (Lipinski definition) is 5. The first kappa shape index (κ1) is 21.9. The molecule has 0 radical (unpaired) electrons. The predicted molar refractivity (Wildman–Crippen MR) is 131 cm³/mol. The van der Waals surface area contributed by atoms with Crippen LogP contribution in [0.1, 0.15) is 22.6 Å². The van der Waals surface area contributed by atoms with E-state index in [1.165, 1.54) is 0 Å². The van der Waals surface area contributed by atoms with E-state index in [9.17, 15) is 5.26 Å². The Hall–Kier alpha value is -3.92. The molecule has 3 N–H and O–H groups in total. The maximum atomic E-state index is 9.94. The van der Waals surface area contributed by atoms with Gasteiger partial charge in [-0.3, -0.25) is 5.10 Å². The molecule has 0 saturated carbocycles. The normalized spacial score (nSPS) is 14.8. The average Bonchev–Trinajstić information content (AvgIpc) is 3.26. The largest absolute Gasteiger partial charge is 0.489 e. The van der Waals surface area contributed by atoms with Crippen molar-refractivity contribution in [3.05, 3.63) is 111 Å². The molecule has 1 aliphatic heterocycles. The lowest BCUT2D eigenvalue weighted by molar-refractivity contribution is 0.306. The van der Waals surface area contributed by atoms with E-state index < -0.39 is 5.92 Å². The molecular formula is C26H18Cl2N4O2. The van der Waals surface area contributed by atoms with Crippen LogP contribution in [0.3, 0.4) is 0 Å². The van der Waals surface area contributed by atoms with Gasteiger partial charge in [-0.1, -0.05) is 59.6 Å². The summed E-state index contributed by atoms with van der Waals surface area (Å²) in [6, 6.07) is 24.6. The molecular weight excluding hydrogens is 471 g/mol. The van der Waals surface area contributed by atoms with Crippen LogP contribution in [0.4, 0.5) is 0 Å². The first-order valence-corrected chi connectivity index (χ1v) is 11.2. The van der Waals surface area contributed by atoms with Crippen molar-refractivity contribution < 1.29 is 9.47 Å². The van der Waals surface area contributed by atoms with Gasteiger partial charge < -0.3 is 15.2 Å². The van der Waals surface area contributed by atoms with E-state index >= 15 is 0 Å². The Morgan fingerprint density at radius 2 is 1.74 bits per heavy atom. The molecule has 1 atom stereocenters. The molecule has 8 heteroatoms. The number of aromatic amines is 1. The Bertz CT molecular complexity index is 1420. The van der Waals surface area contributed by atoms with Gasteiger partial charge in [-0.2, -0.15) is 5.26 Å². The molecule has 168 valence electrons. The van der Waals surface area contributed by atoms with Gasteiger partial charge in [-0.25, -0.2) is 0 Å². The number of nitrogens with two attached hydrogens (primary N) is 1. The number of aromatic nitrogens is 2. The summed E-state index contributed by atoms with van der Waals surface area (Å²) in [5.74, 6) is 0.533. The topological polar surface area (TPSA) is 97.0 Å². The summed E-state index contributed by atoms with van der Waals surface area (Å²) in [4.78, 5) is 0. The number of nitrogens with one attached hydrogen (secondary N) is 1. The zero-order chi connectivity index (χ0) is 23.7. The highest BCUT2D eigenvalue weighted by Crippen LogP contribution is 2.46. The Labute approximate surface area is 206 Å². The minimum Gasteiger partial charge on any atom is -0.489 e. The molecule has 1 aliphatic rings. The number of H-pyrrole nitrogens is 1. The molecule has 34 heavy (non-hydrogen) atoms. The number of nitriles is 1. The van der Waals surface area contributed by atoms with E-state index in [1.54, 1.807) is 12.1 Å². The number of benzene rings is 3. The maximum Gasteiger partial charge on any atom is 0.244 e. The average molecular weight is 489 g/mol. The van der Waals surface area contributed by atoms with Crippen LogP contribution in [0, 0.1) is 11.3 Å². The van der Waals surface area contributed by atoms with E-state index in [0.717, 1.165) is 27.9 Å². The van der Waals surface area contributed by atoms with Gasteiger partial charge in [0.2, 0.25) is 11.8 Å². The Kier molecular flexibility index (Phi) is 5.89. The lowest BCUT2D eigenvalue weighted by Crippen LogP contribution is -2.21. The second-order valence-electron chi connectivity index (χ2n) is 7.74. The molecule has 0 unspecified atom stereocenters. The summed E-state index contributed by atoms with van der Waals surface area (Å²) in [5, 5.41) is 18.6. The summed E-state index contributed by atoms with van der Waals surface area (Å²) < 4.78 is 11.7. The molecule has 1 aromatic heterocycles. The number of halogens is 2. The van der Waals surface area contributed by atoms with E-state index in [4.69, 9.17) is 38.4 Å². The van der Waals surface area contributed by atoms with Crippen LogP contribution in [0.2, 0.25) is 10.0 Å². The van der Waals surface area contributed by atoms with Gasteiger partial charge >= 0.3 is 0 Å². The molecule has 0 aliphatic carbocycles. The van der Waals surface area contributed by atoms with Gasteiger partial charge in [-0.05, 0) is 47.5 Å². The van der Waals surface area contributed by atoms with E-state index in [2.05, 4.69) is 16.3 Å². The van der Waals surface area contributed by atoms with Gasteiger partial charge in [0.15, 0.2) is 0 Å². The van der Waals surface area contributed by atoms with Crippen LogP contribution in [-0.2, 0) is 6.61 Å². The Morgan fingerprint density at radius 3 is 2.44 bits per heavy atom. The van der Waals surface area contributed by atoms with Gasteiger partial charge in [-0.15, -0.1) is 5.10 Å². The molecule has 3 aromatic carbocycles. The number of nitrogens with zero attached hydrogens (tertiary/aromatic N) is 2. The summed E-state index contributed by atoms with van der Waals surface area (Å²) in [7, 11) is 0. The third kappa shape index (κ3) is 4.19. The highest BCUT2D eigenvalue weighted by molar-refractivity contribution is 6.30. The number of ether oxygens (including phenoxy) is 2. The quantitative estimate of drug-likeness (QED) is 0.349. The van der Waals surface area contributed by atoms with E-state index in [-0.39, 0.29) is 5.88 Å². The first-order chi connectivity index (χ1) is 16.5. The first-order valence-electron chi connectivity index (χ1n) is 10.4. The van der Waals surface area contributed by atoms with Crippen LogP contribution in [0.25, 0.3) is 11.3 Å². The third-order valence-corrected chi connectivity index (χ3v) is 6.09. The van der Waals surface area contributed by atoms with Crippen LogP contribution < -0.4 is 15.2 Å². The number of hydrogen-bond donors (Lipinski definition) is 2. The molecule has 0 amide bonds. The molecule has 5 rings (SSSR count). The van der Waals surface area contributed by atoms with Crippen molar-refractivity contribution in [1.82, 2.24) is 10.2 Å². The molecule has 0 bridgehead atoms. The fraction of sp³-hybridized carbons (Fsp3) is 0.0769. The van der Waals surface area contributed by atoms with Crippen molar-refractivity contribution in [1.29, 1.82) is 5.26 Å². The standard InChI is InChI=1S/C26H18Cl2N4O2/c27-18-8-4-15(5-9-18)14-33-20-3-1-2-17(12-20)22-21(13-29)25(30)34-26-23(22)24(31-32-26)16-6-10-19(28)11-7-16/h1-12,22H,14,30H2,(H,31,32)/t22-/m0/s1. The van der Waals surface area contributed by atoms with Crippen molar-refractivity contribution in [2.45, 2.75) is 12.5 Å². The van der Waals surface area contributed by atoms with Crippen molar-refractivity contribution >= 4 is 23.2 Å². The van der Waals surface area contributed by atoms with Gasteiger partial charge in [0.1, 0.15) is 24.0 Å². The molecule has 0 fully saturated rings. The fourth-order valence-corrected chi connectivity index (χ4v) is 4.20. The van der Waals surface area contributed by atoms with Crippen LogP contribution in [0.5, 0.6) is 11.6 Å². The van der Waals surface area contributed by atoms with Gasteiger partial charge in [0.05, 0.1) is 17.2 Å². The van der Waals surface area contributed by atoms with Crippen LogP contribution in [-0.4, -0.2) is 10.2 Å². The lowest BCUT2D eigenvalue weighted by atomic mass is 9.83. The fourth-order valence-electron chi connectivity index (χ4n) is 3.95. The Balaban J connectivity index is 1.53. The molecule has 4 aromatic rings. The zero-order valence-electron chi connectivity index (χ0n) is 17.8. The highest BCUT2D eigenvalue weighted by atomic mass is 35.5. The molecule has 6 nitrogen and oxygen atoms in total. The minimum absolute atomic E-state index is 0.0293. The smallest absolute Gasteiger partial charge is 0.244 e. The third-order valence-electron chi connectivity index (χ3n) is 5.58. The van der Waals surface area contributed by atoms with Gasteiger partial charge in [0.25, 0.3) is 0 Å². The summed E-state index contributed by atoms with van der Waals surface area (Å²) in [5.41, 5.74) is 10.5. The van der Waals surface area contributed by atoms with Crippen molar-refractivity contribution in [3.8, 4) is 29.0 Å². The van der Waals surface area contributed by atoms with Crippen molar-refractivity contribution in [2.75, 3.05) is 0 Å². The van der Waals surface area contributed by atoms with Crippen molar-refractivity contribution in [3.63, 3.8) is 0 Å². The van der Waals surface area contributed by atoms with Gasteiger partial charge in [0, 0.05) is 15.6 Å². The second-order valence-corrected chi connectivity index (χ2v) is 8.61. The minimum atomic E-state index is -0.489. The lowest BCUT2D eigenvalue weighted by Gasteiger charge is -2.24. The number of rotatable bonds is 5. The summed E-state index contributed by atoms with van der Waals surface area (Å²) in [6.07, 6.45) is 0. The van der Waals surface area contributed by atoms with Crippen LogP contribution in [0.15, 0.2) is 84.3 Å². The van der Waals surface area contributed by atoms with E-state index in [1.807, 2.05) is 60.7 Å². The molecule has 0 saturated heterocycles. The molecule has 2 heterocycles. The zero-order valence-corrected chi connectivity index (χ0v) is 19.3. The maximum absolute atomic E-state index is 9.94. The summed E-state index contributed by atoms with van der Waals surface area (Å²) >= 11 is 12.0. The second kappa shape index (κ2) is 9.14. The predicted octanol–water partition coefficient (Wildman–Crippen LogP) is 6.18. The summed E-state index contributed by atoms with van der Waals surface area (Å²) in [6.45, 7) is 0.379. The Morgan fingerprint density at radius 1 is 1.03 bits per heavy atom. The molecule has 0 spiro atoms.